The van der Waals surface area contributed by atoms with Gasteiger partial charge in [0.05, 0.1) is 17.7 Å². The number of nitrogens with zero attached hydrogens (tertiary/aromatic N) is 4. The van der Waals surface area contributed by atoms with Gasteiger partial charge in [-0.25, -0.2) is 22.9 Å². The van der Waals surface area contributed by atoms with Crippen LogP contribution in [0, 0.1) is 17.5 Å². The molecule has 2 heterocycles. The fraction of sp³-hybridized carbons (Fsp3) is 0.241. The van der Waals surface area contributed by atoms with Crippen molar-refractivity contribution in [1.82, 2.24) is 20.0 Å². The minimum absolute atomic E-state index is 0.000114. The standard InChI is InChI=1S/C29H17F9N4O3S/c30-18-8-7-17(21(32)22(18)43)24-40-39-20(46-24)12-41-26(45)42(25(44)27(41)9-10-27)23(29(36,37)38)16-6-3-14(11-19(16)31)13-1-4-15(5-2-13)28(33,34)35/h1-8,11,23,43H,9-10,12H2. The molecule has 6 rings (SSSR count). The molecule has 2 aliphatic rings. The summed E-state index contributed by atoms with van der Waals surface area (Å²) in [5, 5.41) is 16.9. The molecule has 1 aliphatic heterocycles. The molecule has 1 aliphatic carbocycles. The van der Waals surface area contributed by atoms with Crippen molar-refractivity contribution in [3.63, 3.8) is 0 Å². The second-order valence-electron chi connectivity index (χ2n) is 10.6. The summed E-state index contributed by atoms with van der Waals surface area (Å²) in [4.78, 5) is 27.7. The highest BCUT2D eigenvalue weighted by molar-refractivity contribution is 7.14. The number of amides is 3. The van der Waals surface area contributed by atoms with E-state index in [0.29, 0.717) is 23.5 Å². The molecule has 0 bridgehead atoms. The van der Waals surface area contributed by atoms with Crippen LogP contribution in [0.5, 0.6) is 5.75 Å². The lowest BCUT2D eigenvalue weighted by Gasteiger charge is -2.29. The Balaban J connectivity index is 1.30. The van der Waals surface area contributed by atoms with E-state index in [1.54, 1.807) is 0 Å². The van der Waals surface area contributed by atoms with Gasteiger partial charge in [0.1, 0.15) is 16.4 Å². The third-order valence-corrected chi connectivity index (χ3v) is 8.70. The molecule has 240 valence electrons. The molecule has 0 radical (unpaired) electrons. The predicted molar refractivity (Wildman–Crippen MR) is 142 cm³/mol. The number of carbonyl (C=O) groups is 2. The minimum Gasteiger partial charge on any atom is -0.503 e. The zero-order valence-electron chi connectivity index (χ0n) is 22.8. The highest BCUT2D eigenvalue weighted by Crippen LogP contribution is 2.53. The molecular formula is C29H17F9N4O3S. The first-order valence-corrected chi connectivity index (χ1v) is 14.0. The summed E-state index contributed by atoms with van der Waals surface area (Å²) in [6.45, 7) is -0.520. The van der Waals surface area contributed by atoms with Crippen molar-refractivity contribution in [2.24, 2.45) is 0 Å². The summed E-state index contributed by atoms with van der Waals surface area (Å²) < 4.78 is 126. The Bertz CT molecular complexity index is 1870. The number of imide groups is 1. The summed E-state index contributed by atoms with van der Waals surface area (Å²) in [5.41, 5.74) is -4.02. The van der Waals surface area contributed by atoms with Crippen molar-refractivity contribution < 1.29 is 54.2 Å². The molecule has 1 N–H and O–H groups in total. The number of aromatic nitrogens is 2. The molecule has 46 heavy (non-hydrogen) atoms. The van der Waals surface area contributed by atoms with Gasteiger partial charge in [-0.3, -0.25) is 4.79 Å². The highest BCUT2D eigenvalue weighted by Gasteiger charge is 2.68. The van der Waals surface area contributed by atoms with E-state index in [4.69, 9.17) is 0 Å². The molecule has 1 atom stereocenters. The van der Waals surface area contributed by atoms with E-state index in [2.05, 4.69) is 10.2 Å². The largest absolute Gasteiger partial charge is 0.503 e. The smallest absolute Gasteiger partial charge is 0.416 e. The average molecular weight is 673 g/mol. The Morgan fingerprint density at radius 3 is 2.11 bits per heavy atom. The number of alkyl halides is 6. The van der Waals surface area contributed by atoms with Gasteiger partial charge in [0, 0.05) is 5.56 Å². The Labute approximate surface area is 256 Å². The number of hydrogen-bond acceptors (Lipinski definition) is 6. The van der Waals surface area contributed by atoms with Gasteiger partial charge in [-0.05, 0) is 54.3 Å². The van der Waals surface area contributed by atoms with E-state index < -0.39 is 76.7 Å². The molecule has 17 heteroatoms. The van der Waals surface area contributed by atoms with Gasteiger partial charge in [-0.1, -0.05) is 35.6 Å². The first-order valence-electron chi connectivity index (χ1n) is 13.2. The van der Waals surface area contributed by atoms with Crippen LogP contribution in [0.3, 0.4) is 0 Å². The van der Waals surface area contributed by atoms with Crippen LogP contribution in [0.1, 0.15) is 35.0 Å². The number of hydrogen-bond donors (Lipinski definition) is 1. The third-order valence-electron chi connectivity index (χ3n) is 7.76. The van der Waals surface area contributed by atoms with Gasteiger partial charge in [0.25, 0.3) is 5.91 Å². The first-order chi connectivity index (χ1) is 21.5. The van der Waals surface area contributed by atoms with Gasteiger partial charge in [-0.15, -0.1) is 10.2 Å². The molecule has 1 aromatic heterocycles. The maximum atomic E-state index is 15.4. The van der Waals surface area contributed by atoms with Crippen LogP contribution in [-0.2, 0) is 17.5 Å². The van der Waals surface area contributed by atoms with Crippen LogP contribution >= 0.6 is 11.3 Å². The lowest BCUT2D eigenvalue weighted by molar-refractivity contribution is -0.183. The number of aromatic hydroxyl groups is 1. The molecule has 7 nitrogen and oxygen atoms in total. The second kappa shape index (κ2) is 10.7. The predicted octanol–water partition coefficient (Wildman–Crippen LogP) is 7.61. The number of benzene rings is 3. The monoisotopic (exact) mass is 672 g/mol. The van der Waals surface area contributed by atoms with Gasteiger partial charge < -0.3 is 10.0 Å². The summed E-state index contributed by atoms with van der Waals surface area (Å²) in [6, 6.07) is 3.24. The van der Waals surface area contributed by atoms with E-state index in [1.165, 1.54) is 0 Å². The van der Waals surface area contributed by atoms with Gasteiger partial charge in [0.15, 0.2) is 28.4 Å². The molecule has 3 aromatic carbocycles. The van der Waals surface area contributed by atoms with Gasteiger partial charge in [0.2, 0.25) is 0 Å². The molecule has 4 aromatic rings. The topological polar surface area (TPSA) is 86.6 Å². The van der Waals surface area contributed by atoms with Gasteiger partial charge in [-0.2, -0.15) is 26.3 Å². The SMILES string of the molecule is O=C1N(C(c2ccc(-c3ccc(C(F)(F)F)cc3)cc2F)C(F)(F)F)C(=O)C2(CC2)N1Cc1nnc(-c2ccc(F)c(O)c2F)s1. The summed E-state index contributed by atoms with van der Waals surface area (Å²) in [6.07, 6.45) is -9.98. The summed E-state index contributed by atoms with van der Waals surface area (Å²) >= 11 is 0.685. The fourth-order valence-electron chi connectivity index (χ4n) is 5.30. The fourth-order valence-corrected chi connectivity index (χ4v) is 6.15. The maximum absolute atomic E-state index is 15.4. The summed E-state index contributed by atoms with van der Waals surface area (Å²) in [7, 11) is 0. The zero-order chi connectivity index (χ0) is 33.3. The van der Waals surface area contributed by atoms with Crippen LogP contribution in [0.15, 0.2) is 54.6 Å². The van der Waals surface area contributed by atoms with Crippen molar-refractivity contribution in [3.8, 4) is 27.4 Å². The number of phenols is 1. The molecule has 2 fully saturated rings. The van der Waals surface area contributed by atoms with Gasteiger partial charge >= 0.3 is 18.4 Å². The van der Waals surface area contributed by atoms with E-state index in [9.17, 15) is 49.8 Å². The molecular weight excluding hydrogens is 655 g/mol. The number of rotatable bonds is 6. The van der Waals surface area contributed by atoms with Crippen LogP contribution < -0.4 is 0 Å². The number of carbonyl (C=O) groups excluding carboxylic acids is 2. The van der Waals surface area contributed by atoms with Crippen LogP contribution in [0.25, 0.3) is 21.7 Å². The zero-order valence-corrected chi connectivity index (χ0v) is 23.6. The lowest BCUT2D eigenvalue weighted by Crippen LogP contribution is -2.43. The highest BCUT2D eigenvalue weighted by atomic mass is 32.1. The van der Waals surface area contributed by atoms with E-state index in [1.807, 2.05) is 0 Å². The van der Waals surface area contributed by atoms with E-state index >= 15 is 4.39 Å². The Kier molecular flexibility index (Phi) is 7.29. The minimum atomic E-state index is -5.34. The van der Waals surface area contributed by atoms with Crippen LogP contribution in [0.4, 0.5) is 44.3 Å². The molecule has 1 saturated heterocycles. The Morgan fingerprint density at radius 1 is 0.870 bits per heavy atom. The second-order valence-corrected chi connectivity index (χ2v) is 11.7. The molecule has 1 spiro atoms. The molecule has 1 unspecified atom stereocenters. The van der Waals surface area contributed by atoms with Crippen molar-refractivity contribution in [2.75, 3.05) is 0 Å². The average Bonchev–Trinajstić information content (AvgIpc) is 3.62. The van der Waals surface area contributed by atoms with Crippen LogP contribution in [-0.4, -0.2) is 48.8 Å². The van der Waals surface area contributed by atoms with Crippen molar-refractivity contribution in [3.05, 3.63) is 88.2 Å². The van der Waals surface area contributed by atoms with Crippen molar-refractivity contribution in [2.45, 2.75) is 43.3 Å². The van der Waals surface area contributed by atoms with Crippen molar-refractivity contribution >= 4 is 23.3 Å². The quantitative estimate of drug-likeness (QED) is 0.168. The Morgan fingerprint density at radius 2 is 1.52 bits per heavy atom. The molecule has 1 saturated carbocycles. The lowest BCUT2D eigenvalue weighted by atomic mass is 9.98. The number of urea groups is 1. The first kappa shape index (κ1) is 31.3. The third kappa shape index (κ3) is 5.21. The maximum Gasteiger partial charge on any atom is 0.416 e. The van der Waals surface area contributed by atoms with Crippen molar-refractivity contribution in [1.29, 1.82) is 0 Å². The Hall–Kier alpha value is -4.67. The normalized spacial score (nSPS) is 16.9. The van der Waals surface area contributed by atoms with E-state index in [-0.39, 0.29) is 44.4 Å². The number of halogens is 9. The molecule has 3 amide bonds. The van der Waals surface area contributed by atoms with E-state index in [0.717, 1.165) is 47.4 Å². The number of phenolic OH excluding ortho intramolecular Hbond substituents is 1. The van der Waals surface area contributed by atoms with Crippen LogP contribution in [0.2, 0.25) is 0 Å². The summed E-state index contributed by atoms with van der Waals surface area (Å²) in [5.74, 6) is -6.50.